The van der Waals surface area contributed by atoms with Crippen molar-refractivity contribution >= 4 is 12.0 Å². The zero-order chi connectivity index (χ0) is 12.7. The third-order valence-corrected chi connectivity index (χ3v) is 3.12. The molecule has 1 atom stereocenters. The SMILES string of the molecule is CCCC1CCCN(C(=O)NCCC(=O)O)C1. The Hall–Kier alpha value is -1.26. The number of carbonyl (C=O) groups is 2. The lowest BCUT2D eigenvalue weighted by molar-refractivity contribution is -0.136. The molecule has 1 heterocycles. The molecule has 1 unspecified atom stereocenters. The van der Waals surface area contributed by atoms with Crippen LogP contribution in [0.15, 0.2) is 0 Å². The van der Waals surface area contributed by atoms with Gasteiger partial charge in [-0.3, -0.25) is 4.79 Å². The van der Waals surface area contributed by atoms with Gasteiger partial charge in [0.25, 0.3) is 0 Å². The van der Waals surface area contributed by atoms with E-state index in [0.717, 1.165) is 25.9 Å². The Kier molecular flexibility index (Phi) is 5.80. The minimum Gasteiger partial charge on any atom is -0.481 e. The van der Waals surface area contributed by atoms with Crippen molar-refractivity contribution in [1.29, 1.82) is 0 Å². The summed E-state index contributed by atoms with van der Waals surface area (Å²) in [7, 11) is 0. The highest BCUT2D eigenvalue weighted by Crippen LogP contribution is 2.20. The summed E-state index contributed by atoms with van der Waals surface area (Å²) in [6, 6.07) is -0.118. The van der Waals surface area contributed by atoms with Gasteiger partial charge in [-0.2, -0.15) is 0 Å². The van der Waals surface area contributed by atoms with E-state index in [1.807, 2.05) is 4.90 Å². The van der Waals surface area contributed by atoms with Crippen LogP contribution in [-0.4, -0.2) is 41.6 Å². The third-order valence-electron chi connectivity index (χ3n) is 3.12. The largest absolute Gasteiger partial charge is 0.481 e. The summed E-state index contributed by atoms with van der Waals surface area (Å²) < 4.78 is 0. The van der Waals surface area contributed by atoms with E-state index >= 15 is 0 Å². The summed E-state index contributed by atoms with van der Waals surface area (Å²) in [4.78, 5) is 23.9. The number of likely N-dealkylation sites (tertiary alicyclic amines) is 1. The zero-order valence-electron chi connectivity index (χ0n) is 10.4. The Bertz CT molecular complexity index is 266. The van der Waals surface area contributed by atoms with E-state index < -0.39 is 5.97 Å². The Morgan fingerprint density at radius 3 is 2.88 bits per heavy atom. The summed E-state index contributed by atoms with van der Waals surface area (Å²) >= 11 is 0. The van der Waals surface area contributed by atoms with Crippen LogP contribution in [0.2, 0.25) is 0 Å². The summed E-state index contributed by atoms with van der Waals surface area (Å²) in [5.74, 6) is -0.272. The summed E-state index contributed by atoms with van der Waals surface area (Å²) in [6.45, 7) is 3.97. The first kappa shape index (κ1) is 13.8. The maximum atomic E-state index is 11.8. The molecule has 17 heavy (non-hydrogen) atoms. The first-order valence-electron chi connectivity index (χ1n) is 6.38. The second-order valence-electron chi connectivity index (χ2n) is 4.62. The smallest absolute Gasteiger partial charge is 0.317 e. The van der Waals surface area contributed by atoms with Crippen molar-refractivity contribution in [2.75, 3.05) is 19.6 Å². The van der Waals surface area contributed by atoms with E-state index in [-0.39, 0.29) is 19.0 Å². The molecule has 0 aromatic rings. The molecule has 0 bridgehead atoms. The summed E-state index contributed by atoms with van der Waals surface area (Å²) in [5.41, 5.74) is 0. The van der Waals surface area contributed by atoms with Gasteiger partial charge in [0.1, 0.15) is 0 Å². The molecular formula is C12H22N2O3. The topological polar surface area (TPSA) is 69.6 Å². The standard InChI is InChI=1S/C12H22N2O3/c1-2-4-10-5-3-8-14(9-10)12(17)13-7-6-11(15)16/h10H,2-9H2,1H3,(H,13,17)(H,15,16). The van der Waals surface area contributed by atoms with Crippen molar-refractivity contribution in [2.45, 2.75) is 39.0 Å². The molecule has 2 amide bonds. The first-order valence-corrected chi connectivity index (χ1v) is 6.38. The molecule has 0 aromatic carbocycles. The van der Waals surface area contributed by atoms with Crippen molar-refractivity contribution < 1.29 is 14.7 Å². The van der Waals surface area contributed by atoms with Crippen molar-refractivity contribution in [2.24, 2.45) is 5.92 Å². The van der Waals surface area contributed by atoms with Crippen molar-refractivity contribution in [1.82, 2.24) is 10.2 Å². The lowest BCUT2D eigenvalue weighted by Gasteiger charge is -2.32. The number of rotatable bonds is 5. The van der Waals surface area contributed by atoms with Crippen LogP contribution >= 0.6 is 0 Å². The number of aliphatic carboxylic acids is 1. The molecule has 98 valence electrons. The van der Waals surface area contributed by atoms with Crippen LogP contribution in [0.25, 0.3) is 0 Å². The molecule has 1 fully saturated rings. The molecule has 0 spiro atoms. The van der Waals surface area contributed by atoms with E-state index in [9.17, 15) is 9.59 Å². The highest BCUT2D eigenvalue weighted by molar-refractivity contribution is 5.75. The lowest BCUT2D eigenvalue weighted by atomic mass is 9.94. The quantitative estimate of drug-likeness (QED) is 0.770. The Balaban J connectivity index is 2.28. The Morgan fingerprint density at radius 1 is 1.47 bits per heavy atom. The molecule has 2 N–H and O–H groups in total. The highest BCUT2D eigenvalue weighted by Gasteiger charge is 2.22. The van der Waals surface area contributed by atoms with Crippen LogP contribution < -0.4 is 5.32 Å². The average molecular weight is 242 g/mol. The van der Waals surface area contributed by atoms with Crippen molar-refractivity contribution in [3.8, 4) is 0 Å². The molecule has 1 rings (SSSR count). The van der Waals surface area contributed by atoms with Gasteiger partial charge in [0.15, 0.2) is 0 Å². The number of nitrogens with one attached hydrogen (secondary N) is 1. The van der Waals surface area contributed by atoms with Gasteiger partial charge in [-0.15, -0.1) is 0 Å². The van der Waals surface area contributed by atoms with Gasteiger partial charge in [0.2, 0.25) is 0 Å². The fourth-order valence-electron chi connectivity index (χ4n) is 2.28. The number of hydrogen-bond donors (Lipinski definition) is 2. The molecule has 1 aliphatic heterocycles. The van der Waals surface area contributed by atoms with Gasteiger partial charge in [0.05, 0.1) is 6.42 Å². The van der Waals surface area contributed by atoms with Crippen LogP contribution in [0.4, 0.5) is 4.79 Å². The number of nitrogens with zero attached hydrogens (tertiary/aromatic N) is 1. The molecule has 5 heteroatoms. The van der Waals surface area contributed by atoms with Crippen molar-refractivity contribution in [3.63, 3.8) is 0 Å². The van der Waals surface area contributed by atoms with Crippen LogP contribution in [0.1, 0.15) is 39.0 Å². The number of carboxylic acid groups (broad SMARTS) is 1. The van der Waals surface area contributed by atoms with Crippen LogP contribution in [-0.2, 0) is 4.79 Å². The number of urea groups is 1. The van der Waals surface area contributed by atoms with E-state index in [1.54, 1.807) is 0 Å². The van der Waals surface area contributed by atoms with Crippen LogP contribution in [0, 0.1) is 5.92 Å². The first-order chi connectivity index (χ1) is 8.13. The van der Waals surface area contributed by atoms with Gasteiger partial charge >= 0.3 is 12.0 Å². The molecule has 1 saturated heterocycles. The van der Waals surface area contributed by atoms with Crippen LogP contribution in [0.5, 0.6) is 0 Å². The summed E-state index contributed by atoms with van der Waals surface area (Å²) in [6.07, 6.45) is 4.56. The van der Waals surface area contributed by atoms with E-state index in [1.165, 1.54) is 12.8 Å². The second kappa shape index (κ2) is 7.14. The van der Waals surface area contributed by atoms with E-state index in [0.29, 0.717) is 5.92 Å². The number of carbonyl (C=O) groups excluding carboxylic acids is 1. The highest BCUT2D eigenvalue weighted by atomic mass is 16.4. The zero-order valence-corrected chi connectivity index (χ0v) is 10.4. The molecule has 0 aromatic heterocycles. The minimum atomic E-state index is -0.882. The third kappa shape index (κ3) is 5.06. The number of carboxylic acids is 1. The fourth-order valence-corrected chi connectivity index (χ4v) is 2.28. The monoisotopic (exact) mass is 242 g/mol. The Morgan fingerprint density at radius 2 is 2.24 bits per heavy atom. The second-order valence-corrected chi connectivity index (χ2v) is 4.62. The van der Waals surface area contributed by atoms with Crippen molar-refractivity contribution in [3.05, 3.63) is 0 Å². The average Bonchev–Trinajstić information content (AvgIpc) is 2.29. The van der Waals surface area contributed by atoms with Gasteiger partial charge in [-0.1, -0.05) is 13.3 Å². The molecule has 0 radical (unpaired) electrons. The maximum absolute atomic E-state index is 11.8. The normalized spacial score (nSPS) is 20.1. The molecule has 0 aliphatic carbocycles. The van der Waals surface area contributed by atoms with Gasteiger partial charge < -0.3 is 15.3 Å². The predicted octanol–water partition coefficient (Wildman–Crippen LogP) is 1.68. The van der Waals surface area contributed by atoms with Crippen LogP contribution in [0.3, 0.4) is 0 Å². The molecule has 5 nitrogen and oxygen atoms in total. The molecular weight excluding hydrogens is 220 g/mol. The maximum Gasteiger partial charge on any atom is 0.317 e. The number of hydrogen-bond acceptors (Lipinski definition) is 2. The lowest BCUT2D eigenvalue weighted by Crippen LogP contribution is -2.45. The fraction of sp³-hybridized carbons (Fsp3) is 0.833. The van der Waals surface area contributed by atoms with Gasteiger partial charge in [0, 0.05) is 19.6 Å². The Labute approximate surface area is 102 Å². The van der Waals surface area contributed by atoms with E-state index in [2.05, 4.69) is 12.2 Å². The molecule has 1 aliphatic rings. The predicted molar refractivity (Wildman–Crippen MR) is 64.9 cm³/mol. The van der Waals surface area contributed by atoms with Gasteiger partial charge in [-0.05, 0) is 25.2 Å². The van der Waals surface area contributed by atoms with E-state index in [4.69, 9.17) is 5.11 Å². The summed E-state index contributed by atoms with van der Waals surface area (Å²) in [5, 5.41) is 11.1. The number of piperidine rings is 1. The molecule has 0 saturated carbocycles. The number of amides is 2. The van der Waals surface area contributed by atoms with Gasteiger partial charge in [-0.25, -0.2) is 4.79 Å². The minimum absolute atomic E-state index is 0.0159.